The van der Waals surface area contributed by atoms with Crippen molar-refractivity contribution < 1.29 is 9.59 Å². The van der Waals surface area contributed by atoms with Crippen LogP contribution in [0.5, 0.6) is 0 Å². The number of thioether (sulfide) groups is 1. The minimum Gasteiger partial charge on any atom is -0.310 e. The zero-order valence-electron chi connectivity index (χ0n) is 12.0. The largest absolute Gasteiger partial charge is 0.310 e. The summed E-state index contributed by atoms with van der Waals surface area (Å²) in [5.74, 6) is 0.655. The molecule has 0 saturated carbocycles. The Morgan fingerprint density at radius 2 is 1.95 bits per heavy atom. The van der Waals surface area contributed by atoms with Crippen molar-refractivity contribution in [2.75, 3.05) is 17.7 Å². The van der Waals surface area contributed by atoms with Gasteiger partial charge in [0.2, 0.25) is 0 Å². The molecule has 0 spiro atoms. The minimum atomic E-state index is -0.160. The number of carbonyl (C=O) groups is 2. The molecule has 0 N–H and O–H groups in total. The molecule has 1 aliphatic rings. The smallest absolute Gasteiger partial charge is 0.259 e. The number of benzene rings is 2. The highest BCUT2D eigenvalue weighted by atomic mass is 35.5. The molecule has 2 aromatic rings. The van der Waals surface area contributed by atoms with Crippen LogP contribution in [0.2, 0.25) is 5.02 Å². The number of ketones is 1. The standard InChI is InChI=1S/C17H14ClNO2S/c1-19(14-8-3-2-7-13(14)18)17(21)12-6-4-5-11-15(20)9-10-22-16(11)12/h2-8H,9-10H2,1H3. The van der Waals surface area contributed by atoms with E-state index in [9.17, 15) is 9.59 Å². The fraction of sp³-hybridized carbons (Fsp3) is 0.176. The van der Waals surface area contributed by atoms with E-state index in [4.69, 9.17) is 11.6 Å². The molecule has 0 unspecified atom stereocenters. The number of rotatable bonds is 2. The minimum absolute atomic E-state index is 0.101. The van der Waals surface area contributed by atoms with E-state index in [-0.39, 0.29) is 11.7 Å². The maximum absolute atomic E-state index is 12.8. The summed E-state index contributed by atoms with van der Waals surface area (Å²) in [5.41, 5.74) is 1.85. The number of fused-ring (bicyclic) bond motifs is 1. The summed E-state index contributed by atoms with van der Waals surface area (Å²) >= 11 is 7.73. The summed E-state index contributed by atoms with van der Waals surface area (Å²) < 4.78 is 0. The maximum atomic E-state index is 12.8. The summed E-state index contributed by atoms with van der Waals surface area (Å²) in [6, 6.07) is 12.5. The van der Waals surface area contributed by atoms with Gasteiger partial charge in [-0.3, -0.25) is 9.59 Å². The Morgan fingerprint density at radius 3 is 2.73 bits per heavy atom. The molecule has 2 aromatic carbocycles. The molecular weight excluding hydrogens is 318 g/mol. The van der Waals surface area contributed by atoms with Gasteiger partial charge >= 0.3 is 0 Å². The number of Topliss-reactive ketones (excluding diaryl/α,β-unsaturated/α-hetero) is 1. The quantitative estimate of drug-likeness (QED) is 0.823. The molecule has 0 bridgehead atoms. The maximum Gasteiger partial charge on any atom is 0.259 e. The first-order valence-electron chi connectivity index (χ1n) is 6.91. The Morgan fingerprint density at radius 1 is 1.18 bits per heavy atom. The van der Waals surface area contributed by atoms with Gasteiger partial charge < -0.3 is 4.90 Å². The van der Waals surface area contributed by atoms with Gasteiger partial charge in [0.15, 0.2) is 5.78 Å². The third-order valence-corrected chi connectivity index (χ3v) is 5.10. The number of nitrogens with zero attached hydrogens (tertiary/aromatic N) is 1. The third-order valence-electron chi connectivity index (χ3n) is 3.64. The summed E-state index contributed by atoms with van der Waals surface area (Å²) in [5, 5.41) is 0.520. The first-order valence-corrected chi connectivity index (χ1v) is 8.27. The number of hydrogen-bond donors (Lipinski definition) is 0. The Bertz CT molecular complexity index is 760. The van der Waals surface area contributed by atoms with Gasteiger partial charge in [0, 0.05) is 29.7 Å². The van der Waals surface area contributed by atoms with Gasteiger partial charge in [0.1, 0.15) is 0 Å². The highest BCUT2D eigenvalue weighted by Gasteiger charge is 2.25. The van der Waals surface area contributed by atoms with Gasteiger partial charge in [0.25, 0.3) is 5.91 Å². The van der Waals surface area contributed by atoms with E-state index < -0.39 is 0 Å². The lowest BCUT2D eigenvalue weighted by molar-refractivity contribution is 0.0983. The first kappa shape index (κ1) is 15.1. The van der Waals surface area contributed by atoms with Crippen molar-refractivity contribution in [2.45, 2.75) is 11.3 Å². The Kier molecular flexibility index (Phi) is 4.23. The van der Waals surface area contributed by atoms with Crippen LogP contribution in [0.1, 0.15) is 27.1 Å². The van der Waals surface area contributed by atoms with E-state index in [1.807, 2.05) is 12.1 Å². The van der Waals surface area contributed by atoms with Crippen molar-refractivity contribution in [3.8, 4) is 0 Å². The summed E-state index contributed by atoms with van der Waals surface area (Å²) in [4.78, 5) is 27.1. The van der Waals surface area contributed by atoms with Gasteiger partial charge in [-0.05, 0) is 18.2 Å². The van der Waals surface area contributed by atoms with E-state index in [0.717, 1.165) is 4.90 Å². The molecule has 3 nitrogen and oxygen atoms in total. The van der Waals surface area contributed by atoms with E-state index in [1.165, 1.54) is 4.90 Å². The lowest BCUT2D eigenvalue weighted by Crippen LogP contribution is -2.28. The molecule has 0 atom stereocenters. The van der Waals surface area contributed by atoms with Crippen LogP contribution < -0.4 is 4.90 Å². The van der Waals surface area contributed by atoms with Crippen LogP contribution >= 0.6 is 23.4 Å². The van der Waals surface area contributed by atoms with Crippen molar-refractivity contribution in [3.05, 3.63) is 58.6 Å². The van der Waals surface area contributed by atoms with Crippen molar-refractivity contribution >= 4 is 40.7 Å². The molecule has 1 amide bonds. The van der Waals surface area contributed by atoms with Gasteiger partial charge in [0.05, 0.1) is 16.3 Å². The molecule has 1 heterocycles. The first-order chi connectivity index (χ1) is 10.6. The van der Waals surface area contributed by atoms with Gasteiger partial charge in [-0.15, -0.1) is 11.8 Å². The SMILES string of the molecule is CN(C(=O)c1cccc2c1SCCC2=O)c1ccccc1Cl. The van der Waals surface area contributed by atoms with Gasteiger partial charge in [-0.25, -0.2) is 0 Å². The lowest BCUT2D eigenvalue weighted by Gasteiger charge is -2.22. The van der Waals surface area contributed by atoms with E-state index >= 15 is 0 Å². The zero-order chi connectivity index (χ0) is 15.7. The highest BCUT2D eigenvalue weighted by molar-refractivity contribution is 7.99. The van der Waals surface area contributed by atoms with Crippen LogP contribution in [0.3, 0.4) is 0 Å². The average molecular weight is 332 g/mol. The fourth-order valence-corrected chi connectivity index (χ4v) is 3.88. The van der Waals surface area contributed by atoms with Crippen molar-refractivity contribution in [3.63, 3.8) is 0 Å². The number of halogens is 1. The van der Waals surface area contributed by atoms with Crippen molar-refractivity contribution in [2.24, 2.45) is 0 Å². The van der Waals surface area contributed by atoms with Crippen LogP contribution in [0, 0.1) is 0 Å². The second kappa shape index (κ2) is 6.15. The molecular formula is C17H14ClNO2S. The normalized spacial score (nSPS) is 13.6. The molecule has 0 aromatic heterocycles. The van der Waals surface area contributed by atoms with Gasteiger partial charge in [-0.2, -0.15) is 0 Å². The Hall–Kier alpha value is -1.78. The number of amides is 1. The van der Waals surface area contributed by atoms with Crippen LogP contribution in [0.15, 0.2) is 47.4 Å². The number of anilines is 1. The van der Waals surface area contributed by atoms with E-state index in [2.05, 4.69) is 0 Å². The monoisotopic (exact) mass is 331 g/mol. The second-order valence-corrected chi connectivity index (χ2v) is 6.53. The molecule has 0 radical (unpaired) electrons. The summed E-state index contributed by atoms with van der Waals surface area (Å²) in [7, 11) is 1.69. The summed E-state index contributed by atoms with van der Waals surface area (Å²) in [6.45, 7) is 0. The molecule has 5 heteroatoms. The van der Waals surface area contributed by atoms with Crippen LogP contribution in [0.25, 0.3) is 0 Å². The number of carbonyl (C=O) groups excluding carboxylic acids is 2. The second-order valence-electron chi connectivity index (χ2n) is 5.02. The lowest BCUT2D eigenvalue weighted by atomic mass is 10.0. The Balaban J connectivity index is 2.01. The van der Waals surface area contributed by atoms with Crippen molar-refractivity contribution in [1.82, 2.24) is 0 Å². The predicted molar refractivity (Wildman–Crippen MR) is 90.3 cm³/mol. The molecule has 0 aliphatic carbocycles. The molecule has 0 saturated heterocycles. The molecule has 1 aliphatic heterocycles. The van der Waals surface area contributed by atoms with Crippen molar-refractivity contribution in [1.29, 1.82) is 0 Å². The molecule has 112 valence electrons. The average Bonchev–Trinajstić information content (AvgIpc) is 2.54. The molecule has 0 fully saturated rings. The fourth-order valence-electron chi connectivity index (χ4n) is 2.47. The van der Waals surface area contributed by atoms with Crippen LogP contribution in [-0.2, 0) is 0 Å². The van der Waals surface area contributed by atoms with Crippen LogP contribution in [-0.4, -0.2) is 24.5 Å². The third kappa shape index (κ3) is 2.64. The highest BCUT2D eigenvalue weighted by Crippen LogP contribution is 2.34. The summed E-state index contributed by atoms with van der Waals surface area (Å²) in [6.07, 6.45) is 0.523. The van der Waals surface area contributed by atoms with E-state index in [1.54, 1.807) is 49.1 Å². The van der Waals surface area contributed by atoms with Crippen LogP contribution in [0.4, 0.5) is 5.69 Å². The number of para-hydroxylation sites is 1. The molecule has 3 rings (SSSR count). The van der Waals surface area contributed by atoms with E-state index in [0.29, 0.717) is 34.0 Å². The Labute approximate surface area is 138 Å². The zero-order valence-corrected chi connectivity index (χ0v) is 13.6. The number of hydrogen-bond acceptors (Lipinski definition) is 3. The topological polar surface area (TPSA) is 37.4 Å². The van der Waals surface area contributed by atoms with Gasteiger partial charge in [-0.1, -0.05) is 35.9 Å². The molecule has 22 heavy (non-hydrogen) atoms. The predicted octanol–water partition coefficient (Wildman–Crippen LogP) is 4.30.